The van der Waals surface area contributed by atoms with Crippen molar-refractivity contribution in [3.05, 3.63) is 46.3 Å². The summed E-state index contributed by atoms with van der Waals surface area (Å²) in [5, 5.41) is 14.8. The minimum absolute atomic E-state index is 0.0162. The summed E-state index contributed by atoms with van der Waals surface area (Å²) in [5.41, 5.74) is 5.64. The number of nitrogens with zero attached hydrogens (tertiary/aromatic N) is 3. The van der Waals surface area contributed by atoms with E-state index in [2.05, 4.69) is 9.82 Å². The normalized spacial score (nSPS) is 11.5. The number of nitro benzene ring substituents is 1. The number of nitrogens with two attached hydrogens (primary N) is 1. The molecule has 0 radical (unpaired) electrons. The largest absolute Gasteiger partial charge is 0.399 e. The van der Waals surface area contributed by atoms with Crippen molar-refractivity contribution in [2.24, 2.45) is 7.05 Å². The van der Waals surface area contributed by atoms with Crippen molar-refractivity contribution in [2.75, 3.05) is 5.73 Å². The molecule has 0 saturated heterocycles. The highest BCUT2D eigenvalue weighted by molar-refractivity contribution is 7.89. The van der Waals surface area contributed by atoms with E-state index in [1.807, 2.05) is 0 Å². The highest BCUT2D eigenvalue weighted by atomic mass is 32.2. The molecule has 1 aromatic heterocycles. The molecule has 9 nitrogen and oxygen atoms in total. The first kappa shape index (κ1) is 14.9. The van der Waals surface area contributed by atoms with Crippen LogP contribution >= 0.6 is 0 Å². The number of anilines is 1. The lowest BCUT2D eigenvalue weighted by atomic mass is 10.3. The SMILES string of the molecule is Cn1cc(CNS(=O)(=O)c2ccc(N)cc2[N+](=O)[O-])cn1. The van der Waals surface area contributed by atoms with Crippen molar-refractivity contribution in [3.63, 3.8) is 0 Å². The van der Waals surface area contributed by atoms with Crippen molar-refractivity contribution in [2.45, 2.75) is 11.4 Å². The van der Waals surface area contributed by atoms with Crippen molar-refractivity contribution in [1.82, 2.24) is 14.5 Å². The molecule has 2 rings (SSSR count). The summed E-state index contributed by atoms with van der Waals surface area (Å²) in [6.07, 6.45) is 3.14. The monoisotopic (exact) mass is 311 g/mol. The molecule has 0 fully saturated rings. The Hall–Kier alpha value is -2.46. The van der Waals surface area contributed by atoms with E-state index in [1.54, 1.807) is 13.2 Å². The second-order valence-electron chi connectivity index (χ2n) is 4.33. The van der Waals surface area contributed by atoms with Gasteiger partial charge in [0.1, 0.15) is 0 Å². The Morgan fingerprint density at radius 1 is 1.48 bits per heavy atom. The van der Waals surface area contributed by atoms with Crippen LogP contribution in [0.5, 0.6) is 0 Å². The van der Waals surface area contributed by atoms with E-state index < -0.39 is 25.5 Å². The number of hydrogen-bond acceptors (Lipinski definition) is 6. The lowest BCUT2D eigenvalue weighted by molar-refractivity contribution is -0.387. The third-order valence-electron chi connectivity index (χ3n) is 2.69. The van der Waals surface area contributed by atoms with Crippen LogP contribution in [0.4, 0.5) is 11.4 Å². The van der Waals surface area contributed by atoms with Gasteiger partial charge in [-0.15, -0.1) is 0 Å². The maximum atomic E-state index is 12.2. The zero-order valence-corrected chi connectivity index (χ0v) is 11.9. The molecule has 0 atom stereocenters. The molecule has 0 bridgehead atoms. The molecule has 10 heteroatoms. The standard InChI is InChI=1S/C11H13N5O4S/c1-15-7-8(5-13-15)6-14-21(19,20)11-3-2-9(12)4-10(11)16(17)18/h2-5,7,14H,6,12H2,1H3. The van der Waals surface area contributed by atoms with Crippen LogP contribution in [0.2, 0.25) is 0 Å². The van der Waals surface area contributed by atoms with Crippen LogP contribution in [0.15, 0.2) is 35.5 Å². The number of nitrogens with one attached hydrogen (secondary N) is 1. The molecule has 0 unspecified atom stereocenters. The maximum Gasteiger partial charge on any atom is 0.291 e. The Balaban J connectivity index is 2.29. The lowest BCUT2D eigenvalue weighted by Crippen LogP contribution is -2.24. The van der Waals surface area contributed by atoms with Gasteiger partial charge in [0, 0.05) is 37.1 Å². The molecule has 3 N–H and O–H groups in total. The van der Waals surface area contributed by atoms with Gasteiger partial charge in [-0.3, -0.25) is 14.8 Å². The van der Waals surface area contributed by atoms with Gasteiger partial charge in [-0.25, -0.2) is 13.1 Å². The van der Waals surface area contributed by atoms with Gasteiger partial charge < -0.3 is 5.73 Å². The summed E-state index contributed by atoms with van der Waals surface area (Å²) in [4.78, 5) is 9.73. The predicted octanol–water partition coefficient (Wildman–Crippen LogP) is 0.389. The van der Waals surface area contributed by atoms with Gasteiger partial charge in [0.25, 0.3) is 5.69 Å². The van der Waals surface area contributed by atoms with Gasteiger partial charge >= 0.3 is 0 Å². The van der Waals surface area contributed by atoms with Gasteiger partial charge in [0.15, 0.2) is 4.90 Å². The quantitative estimate of drug-likeness (QED) is 0.466. The van der Waals surface area contributed by atoms with Gasteiger partial charge in [-0.05, 0) is 12.1 Å². The summed E-state index contributed by atoms with van der Waals surface area (Å²) in [7, 11) is -2.33. The van der Waals surface area contributed by atoms with Gasteiger partial charge in [0.05, 0.1) is 11.1 Å². The number of rotatable bonds is 5. The molecule has 0 aliphatic rings. The molecular weight excluding hydrogens is 298 g/mol. The fourth-order valence-electron chi connectivity index (χ4n) is 1.72. The Kier molecular flexibility index (Phi) is 3.91. The predicted molar refractivity (Wildman–Crippen MR) is 74.7 cm³/mol. The minimum atomic E-state index is -4.03. The second-order valence-corrected chi connectivity index (χ2v) is 6.07. The summed E-state index contributed by atoms with van der Waals surface area (Å²) in [6.45, 7) is -0.0162. The molecule has 0 aliphatic heterocycles. The molecule has 2 aromatic rings. The zero-order chi connectivity index (χ0) is 15.6. The Morgan fingerprint density at radius 3 is 2.76 bits per heavy atom. The average molecular weight is 311 g/mol. The van der Waals surface area contributed by atoms with Crippen molar-refractivity contribution in [1.29, 1.82) is 0 Å². The van der Waals surface area contributed by atoms with E-state index in [4.69, 9.17) is 5.73 Å². The number of sulfonamides is 1. The van der Waals surface area contributed by atoms with E-state index in [-0.39, 0.29) is 12.2 Å². The molecule has 1 heterocycles. The van der Waals surface area contributed by atoms with E-state index in [9.17, 15) is 18.5 Å². The van der Waals surface area contributed by atoms with E-state index in [0.717, 1.165) is 12.1 Å². The minimum Gasteiger partial charge on any atom is -0.399 e. The summed E-state index contributed by atoms with van der Waals surface area (Å²) >= 11 is 0. The molecule has 0 spiro atoms. The first-order valence-electron chi connectivity index (χ1n) is 5.81. The molecular formula is C11H13N5O4S. The molecule has 112 valence electrons. The lowest BCUT2D eigenvalue weighted by Gasteiger charge is -2.07. The van der Waals surface area contributed by atoms with E-state index in [0.29, 0.717) is 5.56 Å². The zero-order valence-electron chi connectivity index (χ0n) is 11.1. The average Bonchev–Trinajstić information content (AvgIpc) is 2.82. The van der Waals surface area contributed by atoms with Crippen LogP contribution in [0.25, 0.3) is 0 Å². The number of benzene rings is 1. The number of aromatic nitrogens is 2. The van der Waals surface area contributed by atoms with Crippen LogP contribution in [-0.2, 0) is 23.6 Å². The van der Waals surface area contributed by atoms with Crippen molar-refractivity contribution in [3.8, 4) is 0 Å². The first-order chi connectivity index (χ1) is 9.79. The van der Waals surface area contributed by atoms with Crippen LogP contribution in [-0.4, -0.2) is 23.1 Å². The number of aryl methyl sites for hydroxylation is 1. The molecule has 0 aliphatic carbocycles. The fraction of sp³-hybridized carbons (Fsp3) is 0.182. The first-order valence-corrected chi connectivity index (χ1v) is 7.29. The number of nitro groups is 1. The third kappa shape index (κ3) is 3.35. The number of nitrogen functional groups attached to an aromatic ring is 1. The smallest absolute Gasteiger partial charge is 0.291 e. The Morgan fingerprint density at radius 2 is 2.19 bits per heavy atom. The van der Waals surface area contributed by atoms with E-state index >= 15 is 0 Å². The van der Waals surface area contributed by atoms with Crippen LogP contribution in [0, 0.1) is 10.1 Å². The Labute approximate surface area is 120 Å². The van der Waals surface area contributed by atoms with Gasteiger partial charge in [-0.1, -0.05) is 0 Å². The molecule has 0 amide bonds. The van der Waals surface area contributed by atoms with Crippen LogP contribution in [0.1, 0.15) is 5.56 Å². The Bertz CT molecular complexity index is 784. The van der Waals surface area contributed by atoms with Crippen molar-refractivity contribution >= 4 is 21.4 Å². The fourth-order valence-corrected chi connectivity index (χ4v) is 2.89. The summed E-state index contributed by atoms with van der Waals surface area (Å²) in [5.74, 6) is 0. The summed E-state index contributed by atoms with van der Waals surface area (Å²) in [6, 6.07) is 3.42. The maximum absolute atomic E-state index is 12.2. The number of hydrogen-bond donors (Lipinski definition) is 2. The highest BCUT2D eigenvalue weighted by Crippen LogP contribution is 2.25. The van der Waals surface area contributed by atoms with Gasteiger partial charge in [-0.2, -0.15) is 5.10 Å². The highest BCUT2D eigenvalue weighted by Gasteiger charge is 2.25. The van der Waals surface area contributed by atoms with E-state index in [1.165, 1.54) is 16.9 Å². The topological polar surface area (TPSA) is 133 Å². The van der Waals surface area contributed by atoms with Crippen LogP contribution < -0.4 is 10.5 Å². The molecule has 1 aromatic carbocycles. The second kappa shape index (κ2) is 5.50. The van der Waals surface area contributed by atoms with Gasteiger partial charge in [0.2, 0.25) is 10.0 Å². The summed E-state index contributed by atoms with van der Waals surface area (Å²) < 4.78 is 28.1. The molecule has 21 heavy (non-hydrogen) atoms. The van der Waals surface area contributed by atoms with Crippen LogP contribution in [0.3, 0.4) is 0 Å². The van der Waals surface area contributed by atoms with Crippen molar-refractivity contribution < 1.29 is 13.3 Å². The third-order valence-corrected chi connectivity index (χ3v) is 4.14. The molecule has 0 saturated carbocycles.